The van der Waals surface area contributed by atoms with Crippen molar-refractivity contribution in [3.63, 3.8) is 0 Å². The van der Waals surface area contributed by atoms with Crippen LogP contribution in [0.15, 0.2) is 59.3 Å². The summed E-state index contributed by atoms with van der Waals surface area (Å²) in [7, 11) is 0. The predicted molar refractivity (Wildman–Crippen MR) is 74.1 cm³/mol. The van der Waals surface area contributed by atoms with Crippen LogP contribution >= 0.6 is 0 Å². The van der Waals surface area contributed by atoms with Crippen molar-refractivity contribution in [1.29, 1.82) is 0 Å². The zero-order chi connectivity index (χ0) is 14.7. The maximum Gasteiger partial charge on any atom is 0.258 e. The molecule has 0 unspecified atom stereocenters. The number of rotatable bonds is 3. The molecule has 3 rings (SSSR count). The summed E-state index contributed by atoms with van der Waals surface area (Å²) in [6, 6.07) is 12.3. The second kappa shape index (κ2) is 5.54. The van der Waals surface area contributed by atoms with Crippen LogP contribution in [0.3, 0.4) is 0 Å². The first kappa shape index (κ1) is 13.0. The zero-order valence-electron chi connectivity index (χ0n) is 10.8. The number of aromatic nitrogens is 2. The first-order chi connectivity index (χ1) is 10.2. The molecule has 3 aromatic rings. The number of nitrogens with zero attached hydrogens (tertiary/aromatic N) is 2. The number of amides is 1. The van der Waals surface area contributed by atoms with Gasteiger partial charge in [0.2, 0.25) is 5.88 Å². The van der Waals surface area contributed by atoms with E-state index in [1.807, 2.05) is 6.07 Å². The van der Waals surface area contributed by atoms with Gasteiger partial charge >= 0.3 is 0 Å². The molecular weight excluding hydrogens is 273 g/mol. The molecule has 21 heavy (non-hydrogen) atoms. The minimum absolute atomic E-state index is 0.171. The van der Waals surface area contributed by atoms with E-state index in [-0.39, 0.29) is 11.4 Å². The summed E-state index contributed by atoms with van der Waals surface area (Å²) < 4.78 is 18.1. The molecule has 6 heteroatoms. The number of pyridine rings is 1. The third kappa shape index (κ3) is 2.94. The number of carbonyl (C=O) groups excluding carboxylic acids is 1. The van der Waals surface area contributed by atoms with Crippen molar-refractivity contribution in [1.82, 2.24) is 10.1 Å². The molecule has 2 heterocycles. The Hall–Kier alpha value is -3.02. The summed E-state index contributed by atoms with van der Waals surface area (Å²) in [6.07, 6.45) is 1.63. The van der Waals surface area contributed by atoms with Crippen molar-refractivity contribution >= 4 is 11.8 Å². The van der Waals surface area contributed by atoms with E-state index in [4.69, 9.17) is 4.52 Å². The second-order valence-electron chi connectivity index (χ2n) is 4.26. The number of hydrogen-bond acceptors (Lipinski definition) is 4. The average molecular weight is 283 g/mol. The molecule has 0 fully saturated rings. The van der Waals surface area contributed by atoms with Crippen LogP contribution in [0.4, 0.5) is 10.3 Å². The molecule has 0 radical (unpaired) electrons. The van der Waals surface area contributed by atoms with Crippen molar-refractivity contribution in [2.45, 2.75) is 0 Å². The third-order valence-corrected chi connectivity index (χ3v) is 2.76. The van der Waals surface area contributed by atoms with Gasteiger partial charge in [-0.3, -0.25) is 15.1 Å². The highest BCUT2D eigenvalue weighted by atomic mass is 19.1. The van der Waals surface area contributed by atoms with Gasteiger partial charge in [0, 0.05) is 17.8 Å². The van der Waals surface area contributed by atoms with Crippen LogP contribution in [-0.4, -0.2) is 16.0 Å². The van der Waals surface area contributed by atoms with Gasteiger partial charge in [0.1, 0.15) is 11.5 Å². The van der Waals surface area contributed by atoms with Gasteiger partial charge in [0.05, 0.1) is 5.69 Å². The number of carbonyl (C=O) groups is 1. The molecule has 5 nitrogen and oxygen atoms in total. The van der Waals surface area contributed by atoms with E-state index >= 15 is 0 Å². The highest BCUT2D eigenvalue weighted by molar-refractivity contribution is 6.03. The molecule has 1 aromatic carbocycles. The third-order valence-electron chi connectivity index (χ3n) is 2.76. The molecule has 0 saturated heterocycles. The van der Waals surface area contributed by atoms with Crippen molar-refractivity contribution in [2.75, 3.05) is 5.32 Å². The highest BCUT2D eigenvalue weighted by Crippen LogP contribution is 2.19. The summed E-state index contributed by atoms with van der Waals surface area (Å²) in [5.74, 6) is -0.780. The van der Waals surface area contributed by atoms with E-state index in [0.717, 1.165) is 6.07 Å². The highest BCUT2D eigenvalue weighted by Gasteiger charge is 2.12. The largest absolute Gasteiger partial charge is 0.338 e. The SMILES string of the molecule is O=C(Nc1cc(-c2ccccn2)no1)c1cccc(F)c1. The minimum atomic E-state index is -0.477. The Morgan fingerprint density at radius 1 is 1.10 bits per heavy atom. The molecule has 0 saturated carbocycles. The van der Waals surface area contributed by atoms with Crippen molar-refractivity contribution < 1.29 is 13.7 Å². The van der Waals surface area contributed by atoms with Crippen LogP contribution in [-0.2, 0) is 0 Å². The molecule has 104 valence electrons. The monoisotopic (exact) mass is 283 g/mol. The van der Waals surface area contributed by atoms with Crippen molar-refractivity contribution in [3.05, 3.63) is 66.1 Å². The molecule has 1 N–H and O–H groups in total. The fourth-order valence-corrected chi connectivity index (χ4v) is 1.78. The van der Waals surface area contributed by atoms with Gasteiger partial charge in [0.15, 0.2) is 0 Å². The number of benzene rings is 1. The van der Waals surface area contributed by atoms with E-state index in [2.05, 4.69) is 15.5 Å². The van der Waals surface area contributed by atoms with E-state index in [9.17, 15) is 9.18 Å². The minimum Gasteiger partial charge on any atom is -0.338 e. The topological polar surface area (TPSA) is 68.0 Å². The van der Waals surface area contributed by atoms with Gasteiger partial charge in [-0.25, -0.2) is 4.39 Å². The normalized spacial score (nSPS) is 10.3. The first-order valence-corrected chi connectivity index (χ1v) is 6.17. The molecular formula is C15H10FN3O2. The van der Waals surface area contributed by atoms with Gasteiger partial charge in [0.25, 0.3) is 5.91 Å². The lowest BCUT2D eigenvalue weighted by Crippen LogP contribution is -2.11. The van der Waals surface area contributed by atoms with E-state index in [1.165, 1.54) is 18.2 Å². The van der Waals surface area contributed by atoms with Gasteiger partial charge in [-0.1, -0.05) is 17.3 Å². The van der Waals surface area contributed by atoms with Gasteiger partial charge in [-0.15, -0.1) is 0 Å². The summed E-state index contributed by atoms with van der Waals surface area (Å²) in [5.41, 5.74) is 1.34. The van der Waals surface area contributed by atoms with Crippen LogP contribution in [0.5, 0.6) is 0 Å². The van der Waals surface area contributed by atoms with Gasteiger partial charge in [-0.05, 0) is 30.3 Å². The maximum absolute atomic E-state index is 13.1. The van der Waals surface area contributed by atoms with E-state index in [0.29, 0.717) is 11.4 Å². The zero-order valence-corrected chi connectivity index (χ0v) is 10.8. The molecule has 0 aliphatic carbocycles. The molecule has 0 aliphatic heterocycles. The van der Waals surface area contributed by atoms with Gasteiger partial charge < -0.3 is 4.52 Å². The van der Waals surface area contributed by atoms with Crippen LogP contribution in [0.2, 0.25) is 0 Å². The Kier molecular flexibility index (Phi) is 3.42. The quantitative estimate of drug-likeness (QED) is 0.801. The lowest BCUT2D eigenvalue weighted by Gasteiger charge is -2.00. The van der Waals surface area contributed by atoms with E-state index < -0.39 is 11.7 Å². The summed E-state index contributed by atoms with van der Waals surface area (Å²) in [5, 5.41) is 6.34. The lowest BCUT2D eigenvalue weighted by molar-refractivity contribution is 0.102. The van der Waals surface area contributed by atoms with Crippen LogP contribution in [0.1, 0.15) is 10.4 Å². The second-order valence-corrected chi connectivity index (χ2v) is 4.26. The number of halogens is 1. The Bertz CT molecular complexity index is 771. The molecule has 0 aliphatic rings. The van der Waals surface area contributed by atoms with Crippen molar-refractivity contribution in [2.24, 2.45) is 0 Å². The standard InChI is InChI=1S/C15H10FN3O2/c16-11-5-3-4-10(8-11)15(20)18-14-9-13(19-21-14)12-6-1-2-7-17-12/h1-9H,(H,18,20). The number of hydrogen-bond donors (Lipinski definition) is 1. The molecule has 2 aromatic heterocycles. The summed E-state index contributed by atoms with van der Waals surface area (Å²) in [4.78, 5) is 16.1. The van der Waals surface area contributed by atoms with Crippen LogP contribution in [0.25, 0.3) is 11.4 Å². The maximum atomic E-state index is 13.1. The Morgan fingerprint density at radius 3 is 2.76 bits per heavy atom. The van der Waals surface area contributed by atoms with Gasteiger partial charge in [-0.2, -0.15) is 0 Å². The van der Waals surface area contributed by atoms with Crippen molar-refractivity contribution in [3.8, 4) is 11.4 Å². The average Bonchev–Trinajstić information content (AvgIpc) is 2.97. The Labute approximate surface area is 119 Å². The fourth-order valence-electron chi connectivity index (χ4n) is 1.78. The summed E-state index contributed by atoms with van der Waals surface area (Å²) >= 11 is 0. The molecule has 0 bridgehead atoms. The number of nitrogens with one attached hydrogen (secondary N) is 1. The molecule has 1 amide bonds. The van der Waals surface area contributed by atoms with Crippen LogP contribution in [0, 0.1) is 5.82 Å². The van der Waals surface area contributed by atoms with E-state index in [1.54, 1.807) is 24.4 Å². The first-order valence-electron chi connectivity index (χ1n) is 6.17. The lowest BCUT2D eigenvalue weighted by atomic mass is 10.2. The Morgan fingerprint density at radius 2 is 2.00 bits per heavy atom. The Balaban J connectivity index is 1.77. The molecule has 0 atom stereocenters. The summed E-state index contributed by atoms with van der Waals surface area (Å²) in [6.45, 7) is 0. The van der Waals surface area contributed by atoms with Crippen LogP contribution < -0.4 is 5.32 Å². The number of anilines is 1. The fraction of sp³-hybridized carbons (Fsp3) is 0. The molecule has 0 spiro atoms. The smallest absolute Gasteiger partial charge is 0.258 e. The predicted octanol–water partition coefficient (Wildman–Crippen LogP) is 3.13.